The molecular weight excluding hydrogens is 566 g/mol. The van der Waals surface area contributed by atoms with Gasteiger partial charge in [-0.2, -0.15) is 0 Å². The predicted molar refractivity (Wildman–Crippen MR) is 181 cm³/mol. The van der Waals surface area contributed by atoms with Crippen LogP contribution in [0.25, 0.3) is 10.9 Å². The summed E-state index contributed by atoms with van der Waals surface area (Å²) in [5.74, 6) is 2.66. The SMILES string of the molecule is COc1cc2c(Oc3ccc(NC(=O)NCCC(C)(C)C)cc3)ccnc2cc1OCCCN1CCC(N2CCCCC2)CC1. The Morgan fingerprint density at radius 3 is 2.42 bits per heavy atom. The number of ether oxygens (including phenoxy) is 3. The number of amides is 2. The molecule has 2 aliphatic rings. The molecule has 0 spiro atoms. The standard InChI is InChI=1S/C36H51N5O4/c1-36(2,3)16-18-38-35(42)39-27-9-11-29(12-10-27)45-32-13-17-37-31-26-34(33(43-4)25-30(31)32)44-24-8-19-40-22-14-28(15-23-40)41-20-6-5-7-21-41/h9-13,17,25-26,28H,5-8,14-16,18-24H2,1-4H3,(H2,38,39,42). The third-order valence-corrected chi connectivity index (χ3v) is 8.83. The molecule has 2 aliphatic heterocycles. The highest BCUT2D eigenvalue weighted by atomic mass is 16.5. The topological polar surface area (TPSA) is 88.2 Å². The largest absolute Gasteiger partial charge is 0.493 e. The molecular formula is C36H51N5O4. The molecule has 2 amide bonds. The zero-order chi connectivity index (χ0) is 31.6. The minimum atomic E-state index is -0.217. The Morgan fingerprint density at radius 2 is 1.71 bits per heavy atom. The van der Waals surface area contributed by atoms with Crippen LogP contribution in [0.15, 0.2) is 48.7 Å². The van der Waals surface area contributed by atoms with E-state index in [0.717, 1.165) is 36.3 Å². The predicted octanol–water partition coefficient (Wildman–Crippen LogP) is 7.31. The summed E-state index contributed by atoms with van der Waals surface area (Å²) in [5, 5.41) is 6.61. The number of aromatic nitrogens is 1. The van der Waals surface area contributed by atoms with Crippen molar-refractivity contribution >= 4 is 22.6 Å². The summed E-state index contributed by atoms with van der Waals surface area (Å²) in [6, 6.07) is 13.6. The van der Waals surface area contributed by atoms with Crippen molar-refractivity contribution in [1.29, 1.82) is 0 Å². The second-order valence-corrected chi connectivity index (χ2v) is 13.5. The van der Waals surface area contributed by atoms with Crippen LogP contribution < -0.4 is 24.8 Å². The molecule has 0 saturated carbocycles. The molecule has 1 aromatic heterocycles. The van der Waals surface area contributed by atoms with E-state index >= 15 is 0 Å². The number of pyridine rings is 1. The zero-order valence-corrected chi connectivity index (χ0v) is 27.6. The summed E-state index contributed by atoms with van der Waals surface area (Å²) >= 11 is 0. The first-order valence-electron chi connectivity index (χ1n) is 16.7. The Labute approximate surface area is 268 Å². The number of urea groups is 1. The van der Waals surface area contributed by atoms with Crippen LogP contribution in [-0.2, 0) is 0 Å². The van der Waals surface area contributed by atoms with Crippen LogP contribution in [-0.4, -0.2) is 79.8 Å². The number of hydrogen-bond acceptors (Lipinski definition) is 7. The lowest BCUT2D eigenvalue weighted by atomic mass is 9.92. The van der Waals surface area contributed by atoms with Crippen molar-refractivity contribution in [3.63, 3.8) is 0 Å². The number of carbonyl (C=O) groups excluding carboxylic acids is 1. The fraction of sp³-hybridized carbons (Fsp3) is 0.556. The number of methoxy groups -OCH3 is 1. The Bertz CT molecular complexity index is 1380. The first-order chi connectivity index (χ1) is 21.8. The number of hydrogen-bond donors (Lipinski definition) is 2. The Hall–Kier alpha value is -3.56. The Morgan fingerprint density at radius 1 is 0.956 bits per heavy atom. The van der Waals surface area contributed by atoms with Crippen LogP contribution in [0.1, 0.15) is 65.7 Å². The van der Waals surface area contributed by atoms with Gasteiger partial charge in [0.2, 0.25) is 0 Å². The third-order valence-electron chi connectivity index (χ3n) is 8.83. The van der Waals surface area contributed by atoms with Gasteiger partial charge in [-0.05, 0) is 107 Å². The average molecular weight is 618 g/mol. The average Bonchev–Trinajstić information content (AvgIpc) is 3.04. The van der Waals surface area contributed by atoms with Gasteiger partial charge in [-0.25, -0.2) is 4.79 Å². The van der Waals surface area contributed by atoms with Crippen molar-refractivity contribution in [2.24, 2.45) is 5.41 Å². The number of fused-ring (bicyclic) bond motifs is 1. The molecule has 5 rings (SSSR count). The third kappa shape index (κ3) is 9.71. The molecule has 0 radical (unpaired) electrons. The van der Waals surface area contributed by atoms with E-state index in [2.05, 4.69) is 46.2 Å². The molecule has 244 valence electrons. The number of likely N-dealkylation sites (tertiary alicyclic amines) is 2. The smallest absolute Gasteiger partial charge is 0.319 e. The normalized spacial score (nSPS) is 16.8. The van der Waals surface area contributed by atoms with Gasteiger partial charge in [-0.1, -0.05) is 27.2 Å². The molecule has 0 aliphatic carbocycles. The summed E-state index contributed by atoms with van der Waals surface area (Å²) < 4.78 is 18.1. The monoisotopic (exact) mass is 617 g/mol. The van der Waals surface area contributed by atoms with Crippen molar-refractivity contribution in [1.82, 2.24) is 20.1 Å². The maximum atomic E-state index is 12.2. The van der Waals surface area contributed by atoms with Crippen molar-refractivity contribution < 1.29 is 19.0 Å². The summed E-state index contributed by atoms with van der Waals surface area (Å²) in [4.78, 5) is 22.1. The van der Waals surface area contributed by atoms with E-state index in [4.69, 9.17) is 14.2 Å². The highest BCUT2D eigenvalue weighted by molar-refractivity contribution is 5.89. The molecule has 0 unspecified atom stereocenters. The van der Waals surface area contributed by atoms with Gasteiger partial charge in [-0.3, -0.25) is 4.98 Å². The van der Waals surface area contributed by atoms with Crippen LogP contribution in [0, 0.1) is 5.41 Å². The van der Waals surface area contributed by atoms with E-state index in [1.165, 1.54) is 58.3 Å². The van der Waals surface area contributed by atoms with Gasteiger partial charge >= 0.3 is 6.03 Å². The maximum absolute atomic E-state index is 12.2. The lowest BCUT2D eigenvalue weighted by Gasteiger charge is -2.40. The van der Waals surface area contributed by atoms with Gasteiger partial charge in [0.25, 0.3) is 0 Å². The fourth-order valence-corrected chi connectivity index (χ4v) is 6.21. The number of nitrogens with zero attached hydrogens (tertiary/aromatic N) is 3. The molecule has 3 aromatic rings. The fourth-order valence-electron chi connectivity index (χ4n) is 6.21. The van der Waals surface area contributed by atoms with E-state index in [0.29, 0.717) is 41.8 Å². The summed E-state index contributed by atoms with van der Waals surface area (Å²) in [7, 11) is 1.66. The molecule has 2 saturated heterocycles. The number of nitrogens with one attached hydrogen (secondary N) is 2. The molecule has 45 heavy (non-hydrogen) atoms. The number of piperidine rings is 2. The molecule has 2 fully saturated rings. The number of rotatable bonds is 12. The lowest BCUT2D eigenvalue weighted by molar-refractivity contribution is 0.0900. The molecule has 9 heteroatoms. The minimum absolute atomic E-state index is 0.173. The van der Waals surface area contributed by atoms with E-state index in [1.807, 2.05) is 42.5 Å². The molecule has 9 nitrogen and oxygen atoms in total. The van der Waals surface area contributed by atoms with Crippen LogP contribution in [0.3, 0.4) is 0 Å². The molecule has 0 atom stereocenters. The molecule has 2 N–H and O–H groups in total. The second kappa shape index (κ2) is 15.6. The van der Waals surface area contributed by atoms with Crippen LogP contribution in [0.5, 0.6) is 23.0 Å². The first kappa shape index (κ1) is 32.8. The molecule has 3 heterocycles. The van der Waals surface area contributed by atoms with Crippen molar-refractivity contribution in [2.75, 3.05) is 58.3 Å². The summed E-state index contributed by atoms with van der Waals surface area (Å²) in [6.45, 7) is 13.7. The number of carbonyl (C=O) groups is 1. The summed E-state index contributed by atoms with van der Waals surface area (Å²) in [5.41, 5.74) is 1.64. The van der Waals surface area contributed by atoms with Gasteiger partial charge in [0.1, 0.15) is 11.5 Å². The summed E-state index contributed by atoms with van der Waals surface area (Å²) in [6.07, 6.45) is 10.3. The molecule has 0 bridgehead atoms. The lowest BCUT2D eigenvalue weighted by Crippen LogP contribution is -2.46. The highest BCUT2D eigenvalue weighted by Gasteiger charge is 2.25. The first-order valence-corrected chi connectivity index (χ1v) is 16.7. The van der Waals surface area contributed by atoms with E-state index in [-0.39, 0.29) is 11.4 Å². The van der Waals surface area contributed by atoms with Gasteiger partial charge < -0.3 is 34.6 Å². The van der Waals surface area contributed by atoms with E-state index in [1.54, 1.807) is 13.3 Å². The Kier molecular flexibility index (Phi) is 11.4. The second-order valence-electron chi connectivity index (χ2n) is 13.5. The van der Waals surface area contributed by atoms with Crippen molar-refractivity contribution in [3.05, 3.63) is 48.7 Å². The van der Waals surface area contributed by atoms with Gasteiger partial charge in [0.15, 0.2) is 11.5 Å². The van der Waals surface area contributed by atoms with Gasteiger partial charge in [0, 0.05) is 42.5 Å². The van der Waals surface area contributed by atoms with E-state index < -0.39 is 0 Å². The molecule has 2 aromatic carbocycles. The quantitative estimate of drug-likeness (QED) is 0.206. The maximum Gasteiger partial charge on any atom is 0.319 e. The highest BCUT2D eigenvalue weighted by Crippen LogP contribution is 2.37. The van der Waals surface area contributed by atoms with Crippen molar-refractivity contribution in [2.45, 2.75) is 71.8 Å². The van der Waals surface area contributed by atoms with Gasteiger partial charge in [0.05, 0.1) is 19.2 Å². The van der Waals surface area contributed by atoms with Gasteiger partial charge in [-0.15, -0.1) is 0 Å². The van der Waals surface area contributed by atoms with Crippen LogP contribution >= 0.6 is 0 Å². The van der Waals surface area contributed by atoms with Crippen LogP contribution in [0.2, 0.25) is 0 Å². The van der Waals surface area contributed by atoms with Crippen molar-refractivity contribution in [3.8, 4) is 23.0 Å². The van der Waals surface area contributed by atoms with E-state index in [9.17, 15) is 4.79 Å². The number of anilines is 1. The minimum Gasteiger partial charge on any atom is -0.493 e. The Balaban J connectivity index is 1.11. The zero-order valence-electron chi connectivity index (χ0n) is 27.6. The number of benzene rings is 2. The van der Waals surface area contributed by atoms with Crippen LogP contribution in [0.4, 0.5) is 10.5 Å².